The molecule has 1 aromatic carbocycles. The molecule has 0 amide bonds. The smallest absolute Gasteiger partial charge is 0.130 e. The highest BCUT2D eigenvalue weighted by atomic mass is 16.1. The fraction of sp³-hybridized carbons (Fsp3) is 0.476. The molecule has 1 heteroatoms. The lowest BCUT2D eigenvalue weighted by Gasteiger charge is -2.26. The molecule has 22 heavy (non-hydrogen) atoms. The summed E-state index contributed by atoms with van der Waals surface area (Å²) in [6.45, 7) is 2.24. The highest BCUT2D eigenvalue weighted by Crippen LogP contribution is 2.35. The zero-order valence-corrected chi connectivity index (χ0v) is 13.8. The molecule has 2 rings (SSSR count). The number of carbonyl (C=O) groups excluding carboxylic acids is 1. The molecule has 0 radical (unpaired) electrons. The summed E-state index contributed by atoms with van der Waals surface area (Å²) >= 11 is 0. The number of hydrogen-bond acceptors (Lipinski definition) is 1. The lowest BCUT2D eigenvalue weighted by atomic mass is 9.76. The summed E-state index contributed by atoms with van der Waals surface area (Å²) in [5, 5.41) is 0. The van der Waals surface area contributed by atoms with E-state index in [1.807, 2.05) is 6.07 Å². The van der Waals surface area contributed by atoms with Gasteiger partial charge in [0.25, 0.3) is 0 Å². The minimum atomic E-state index is -0.261. The van der Waals surface area contributed by atoms with E-state index in [0.29, 0.717) is 0 Å². The van der Waals surface area contributed by atoms with Crippen LogP contribution >= 0.6 is 0 Å². The summed E-state index contributed by atoms with van der Waals surface area (Å²) in [5.41, 5.74) is 2.21. The van der Waals surface area contributed by atoms with Crippen molar-refractivity contribution in [2.24, 2.45) is 5.41 Å². The zero-order chi connectivity index (χ0) is 15.7. The lowest BCUT2D eigenvalue weighted by Crippen LogP contribution is -2.21. The van der Waals surface area contributed by atoms with Gasteiger partial charge in [0.1, 0.15) is 6.29 Å². The third-order valence-corrected chi connectivity index (χ3v) is 4.63. The average Bonchev–Trinajstić information content (AvgIpc) is 2.59. The molecule has 0 N–H and O–H groups in total. The molecule has 0 heterocycles. The standard InChI is InChI=1S/C21H28O/c1-2-3-4-5-6-10-15-21(18-22)16-13-20(14-17-21)19-11-8-7-9-12-19/h7-9,11-14,16,18H,2-6,10,15,17H2,1H3. The Morgan fingerprint density at radius 2 is 1.77 bits per heavy atom. The normalized spacial score (nSPS) is 20.7. The average molecular weight is 296 g/mol. The number of rotatable bonds is 9. The Balaban J connectivity index is 1.85. The maximum atomic E-state index is 11.6. The van der Waals surface area contributed by atoms with E-state index in [0.717, 1.165) is 25.5 Å². The highest BCUT2D eigenvalue weighted by molar-refractivity contribution is 5.78. The van der Waals surface area contributed by atoms with Gasteiger partial charge in [0.05, 0.1) is 0 Å². The van der Waals surface area contributed by atoms with Crippen LogP contribution < -0.4 is 0 Å². The molecule has 1 unspecified atom stereocenters. The van der Waals surface area contributed by atoms with Gasteiger partial charge in [0, 0.05) is 5.41 Å². The van der Waals surface area contributed by atoms with Crippen LogP contribution in [0, 0.1) is 5.41 Å². The van der Waals surface area contributed by atoms with Crippen molar-refractivity contribution in [1.82, 2.24) is 0 Å². The maximum Gasteiger partial charge on any atom is 0.130 e. The van der Waals surface area contributed by atoms with E-state index >= 15 is 0 Å². The Hall–Kier alpha value is -1.63. The van der Waals surface area contributed by atoms with E-state index in [9.17, 15) is 4.79 Å². The van der Waals surface area contributed by atoms with E-state index < -0.39 is 0 Å². The molecule has 0 saturated carbocycles. The minimum Gasteiger partial charge on any atom is -0.302 e. The second-order valence-electron chi connectivity index (χ2n) is 6.43. The quantitative estimate of drug-likeness (QED) is 0.405. The van der Waals surface area contributed by atoms with Gasteiger partial charge < -0.3 is 4.79 Å². The van der Waals surface area contributed by atoms with Gasteiger partial charge in [0.15, 0.2) is 0 Å². The van der Waals surface area contributed by atoms with Crippen LogP contribution in [0.2, 0.25) is 0 Å². The maximum absolute atomic E-state index is 11.6. The van der Waals surface area contributed by atoms with Crippen LogP contribution in [0.25, 0.3) is 5.57 Å². The van der Waals surface area contributed by atoms with Crippen LogP contribution in [0.1, 0.15) is 63.9 Å². The Morgan fingerprint density at radius 1 is 1.05 bits per heavy atom. The first-order valence-corrected chi connectivity index (χ1v) is 8.71. The number of hydrogen-bond donors (Lipinski definition) is 0. The predicted octanol–water partition coefficient (Wildman–Crippen LogP) is 5.97. The van der Waals surface area contributed by atoms with Gasteiger partial charge >= 0.3 is 0 Å². The van der Waals surface area contributed by atoms with Crippen LogP contribution in [0.15, 0.2) is 48.6 Å². The molecule has 0 saturated heterocycles. The first-order chi connectivity index (χ1) is 10.8. The second-order valence-corrected chi connectivity index (χ2v) is 6.43. The highest BCUT2D eigenvalue weighted by Gasteiger charge is 2.27. The molecule has 1 nitrogen and oxygen atoms in total. The van der Waals surface area contributed by atoms with Gasteiger partial charge in [-0.3, -0.25) is 0 Å². The Labute approximate surface area is 135 Å². The monoisotopic (exact) mass is 296 g/mol. The van der Waals surface area contributed by atoms with Gasteiger partial charge in [0.2, 0.25) is 0 Å². The second kappa shape index (κ2) is 8.73. The molecular weight excluding hydrogens is 268 g/mol. The molecule has 0 aromatic heterocycles. The lowest BCUT2D eigenvalue weighted by molar-refractivity contribution is -0.114. The van der Waals surface area contributed by atoms with Crippen molar-refractivity contribution < 1.29 is 4.79 Å². The van der Waals surface area contributed by atoms with E-state index in [2.05, 4.69) is 49.4 Å². The summed E-state index contributed by atoms with van der Waals surface area (Å²) in [6.07, 6.45) is 17.1. The summed E-state index contributed by atoms with van der Waals surface area (Å²) in [6, 6.07) is 10.4. The first-order valence-electron chi connectivity index (χ1n) is 8.71. The Bertz CT molecular complexity index is 512. The Morgan fingerprint density at radius 3 is 2.41 bits per heavy atom. The summed E-state index contributed by atoms with van der Waals surface area (Å²) in [4.78, 5) is 11.6. The summed E-state index contributed by atoms with van der Waals surface area (Å²) in [7, 11) is 0. The van der Waals surface area contributed by atoms with Crippen molar-refractivity contribution in [1.29, 1.82) is 0 Å². The molecule has 1 aliphatic carbocycles. The molecule has 0 spiro atoms. The summed E-state index contributed by atoms with van der Waals surface area (Å²) < 4.78 is 0. The molecule has 0 fully saturated rings. The predicted molar refractivity (Wildman–Crippen MR) is 94.7 cm³/mol. The van der Waals surface area contributed by atoms with Crippen molar-refractivity contribution in [3.8, 4) is 0 Å². The third kappa shape index (κ3) is 4.69. The van der Waals surface area contributed by atoms with Crippen LogP contribution in [-0.4, -0.2) is 6.29 Å². The van der Waals surface area contributed by atoms with Gasteiger partial charge in [-0.1, -0.05) is 94.0 Å². The first kappa shape index (κ1) is 16.7. The molecule has 0 bridgehead atoms. The van der Waals surface area contributed by atoms with Crippen molar-refractivity contribution in [2.75, 3.05) is 0 Å². The van der Waals surface area contributed by atoms with Crippen LogP contribution in [-0.2, 0) is 4.79 Å². The van der Waals surface area contributed by atoms with Gasteiger partial charge in [-0.15, -0.1) is 0 Å². The van der Waals surface area contributed by atoms with Gasteiger partial charge in [-0.25, -0.2) is 0 Å². The van der Waals surface area contributed by atoms with Crippen LogP contribution in [0.3, 0.4) is 0 Å². The zero-order valence-electron chi connectivity index (χ0n) is 13.8. The number of unbranched alkanes of at least 4 members (excludes halogenated alkanes) is 5. The third-order valence-electron chi connectivity index (χ3n) is 4.63. The van der Waals surface area contributed by atoms with E-state index in [-0.39, 0.29) is 5.41 Å². The van der Waals surface area contributed by atoms with Crippen molar-refractivity contribution in [3.05, 3.63) is 54.1 Å². The molecular formula is C21H28O. The number of aldehydes is 1. The summed E-state index contributed by atoms with van der Waals surface area (Å²) in [5.74, 6) is 0. The van der Waals surface area contributed by atoms with Crippen molar-refractivity contribution in [2.45, 2.75) is 58.3 Å². The number of benzene rings is 1. The van der Waals surface area contributed by atoms with Gasteiger partial charge in [-0.2, -0.15) is 0 Å². The van der Waals surface area contributed by atoms with Crippen molar-refractivity contribution in [3.63, 3.8) is 0 Å². The van der Waals surface area contributed by atoms with Crippen LogP contribution in [0.4, 0.5) is 0 Å². The van der Waals surface area contributed by atoms with E-state index in [4.69, 9.17) is 0 Å². The van der Waals surface area contributed by atoms with Crippen molar-refractivity contribution >= 4 is 11.9 Å². The molecule has 0 aliphatic heterocycles. The van der Waals surface area contributed by atoms with Crippen LogP contribution in [0.5, 0.6) is 0 Å². The number of carbonyl (C=O) groups is 1. The molecule has 1 aliphatic rings. The fourth-order valence-corrected chi connectivity index (χ4v) is 3.10. The molecule has 1 atom stereocenters. The minimum absolute atomic E-state index is 0.261. The Kier molecular flexibility index (Phi) is 6.64. The number of allylic oxidation sites excluding steroid dienone is 4. The van der Waals surface area contributed by atoms with E-state index in [1.165, 1.54) is 43.2 Å². The SMILES string of the molecule is CCCCCCCCC1(C=O)C=CC(c2ccccc2)=CC1. The van der Waals surface area contributed by atoms with Gasteiger partial charge in [-0.05, 0) is 24.0 Å². The topological polar surface area (TPSA) is 17.1 Å². The van der Waals surface area contributed by atoms with E-state index in [1.54, 1.807) is 0 Å². The molecule has 1 aromatic rings. The largest absolute Gasteiger partial charge is 0.302 e. The fourth-order valence-electron chi connectivity index (χ4n) is 3.10. The molecule has 118 valence electrons.